The van der Waals surface area contributed by atoms with Crippen molar-refractivity contribution in [2.24, 2.45) is 5.41 Å². The Balaban J connectivity index is 1.16. The number of halogens is 3. The van der Waals surface area contributed by atoms with Crippen LogP contribution >= 0.6 is 0 Å². The molecule has 15 heteroatoms. The summed E-state index contributed by atoms with van der Waals surface area (Å²) < 4.78 is 68.0. The maximum atomic E-state index is 13.8. The Morgan fingerprint density at radius 2 is 1.73 bits per heavy atom. The number of rotatable bonds is 5. The van der Waals surface area contributed by atoms with E-state index >= 15 is 0 Å². The van der Waals surface area contributed by atoms with Crippen LogP contribution in [0.3, 0.4) is 0 Å². The molecular weight excluding hydrogens is 599 g/mol. The molecule has 0 atom stereocenters. The zero-order valence-corrected chi connectivity index (χ0v) is 25.8. The average Bonchev–Trinajstić information content (AvgIpc) is 3.66. The van der Waals surface area contributed by atoms with E-state index in [1.54, 1.807) is 17.0 Å². The number of sulfonamides is 1. The first kappa shape index (κ1) is 30.8. The normalized spacial score (nSPS) is 22.1. The minimum absolute atomic E-state index is 0.154. The minimum atomic E-state index is -4.47. The summed E-state index contributed by atoms with van der Waals surface area (Å²) in [6.45, 7) is 5.63. The van der Waals surface area contributed by atoms with Crippen molar-refractivity contribution in [1.29, 1.82) is 0 Å². The number of nitrogens with one attached hydrogen (secondary N) is 1. The molecule has 4 fully saturated rings. The monoisotopic (exact) mass is 637 g/mol. The van der Waals surface area contributed by atoms with E-state index in [0.717, 1.165) is 50.3 Å². The number of aromatic nitrogens is 2. The summed E-state index contributed by atoms with van der Waals surface area (Å²) in [7, 11) is -3.29. The van der Waals surface area contributed by atoms with Gasteiger partial charge in [0.2, 0.25) is 15.9 Å². The standard InChI is InChI=1S/C29H38F3N7O4S/c1-21(40)33-25-6-12-39(34-25)26(41)35-14-9-28(10-15-35)7-3-11-37(28)17-22-4-5-23(29(30,31)32)16-24(22)36-13-8-27(18-36)19-38(20-27)44(2,42)43/h4-6,12,16H,3,7-11,13-15,17-20H2,1-2H3,(H,33,34,40). The van der Waals surface area contributed by atoms with Gasteiger partial charge in [0.15, 0.2) is 5.82 Å². The highest BCUT2D eigenvalue weighted by molar-refractivity contribution is 7.88. The summed E-state index contributed by atoms with van der Waals surface area (Å²) in [5.74, 6) is 0.0357. The van der Waals surface area contributed by atoms with Crippen LogP contribution in [0.15, 0.2) is 30.5 Å². The molecule has 0 aliphatic carbocycles. The number of anilines is 2. The molecule has 0 radical (unpaired) electrons. The fourth-order valence-corrected chi connectivity index (χ4v) is 8.47. The summed E-state index contributed by atoms with van der Waals surface area (Å²) in [4.78, 5) is 30.5. The maximum absolute atomic E-state index is 13.8. The van der Waals surface area contributed by atoms with E-state index in [0.29, 0.717) is 57.3 Å². The fraction of sp³-hybridized carbons (Fsp3) is 0.621. The van der Waals surface area contributed by atoms with Crippen molar-refractivity contribution < 1.29 is 31.2 Å². The van der Waals surface area contributed by atoms with Gasteiger partial charge in [-0.15, -0.1) is 5.10 Å². The minimum Gasteiger partial charge on any atom is -0.371 e. The third-order valence-corrected chi connectivity index (χ3v) is 11.0. The Labute approximate surface area is 255 Å². The van der Waals surface area contributed by atoms with E-state index in [1.165, 1.54) is 34.4 Å². The van der Waals surface area contributed by atoms with E-state index in [2.05, 4.69) is 15.3 Å². The zero-order valence-electron chi connectivity index (χ0n) is 24.9. The van der Waals surface area contributed by atoms with Crippen molar-refractivity contribution in [3.8, 4) is 0 Å². The number of hydrogen-bond acceptors (Lipinski definition) is 7. The molecule has 0 unspecified atom stereocenters. The number of likely N-dealkylation sites (tertiary alicyclic amines) is 2. The second kappa shape index (κ2) is 11.0. The predicted octanol–water partition coefficient (Wildman–Crippen LogP) is 3.43. The Kier molecular flexibility index (Phi) is 7.72. The third-order valence-electron chi connectivity index (χ3n) is 9.84. The van der Waals surface area contributed by atoms with Crippen LogP contribution in [0.2, 0.25) is 0 Å². The molecule has 2 amide bonds. The quantitative estimate of drug-likeness (QED) is 0.535. The fourth-order valence-electron chi connectivity index (χ4n) is 7.45. The number of amides is 2. The smallest absolute Gasteiger partial charge is 0.371 e. The molecule has 4 saturated heterocycles. The van der Waals surface area contributed by atoms with Gasteiger partial charge in [0, 0.05) is 81.6 Å². The highest BCUT2D eigenvalue weighted by atomic mass is 32.2. The SMILES string of the molecule is CC(=O)Nc1ccn(C(=O)N2CCC3(CCCN3Cc3ccc(C(F)(F)F)cc3N3CCC4(C3)CN(S(C)(=O)=O)C4)CC2)n1. The number of hydrogen-bond donors (Lipinski definition) is 1. The van der Waals surface area contributed by atoms with E-state index < -0.39 is 21.8 Å². The van der Waals surface area contributed by atoms with Gasteiger partial charge >= 0.3 is 12.2 Å². The Morgan fingerprint density at radius 1 is 1.00 bits per heavy atom. The highest BCUT2D eigenvalue weighted by Crippen LogP contribution is 2.45. The summed E-state index contributed by atoms with van der Waals surface area (Å²) >= 11 is 0. The van der Waals surface area contributed by atoms with Crippen molar-refractivity contribution in [3.63, 3.8) is 0 Å². The number of carbonyl (C=O) groups excluding carboxylic acids is 2. The second-order valence-corrected chi connectivity index (χ2v) is 14.9. The van der Waals surface area contributed by atoms with E-state index in [1.807, 2.05) is 4.90 Å². The summed E-state index contributed by atoms with van der Waals surface area (Å²) in [6, 6.07) is 5.31. The summed E-state index contributed by atoms with van der Waals surface area (Å²) in [6.07, 6.45) is 2.37. The predicted molar refractivity (Wildman–Crippen MR) is 158 cm³/mol. The number of nitrogens with zero attached hydrogens (tertiary/aromatic N) is 6. The lowest BCUT2D eigenvalue weighted by molar-refractivity contribution is -0.137. The molecule has 0 saturated carbocycles. The summed E-state index contributed by atoms with van der Waals surface area (Å²) in [5.41, 5.74) is 0.319. The Hall–Kier alpha value is -3.17. The van der Waals surface area contributed by atoms with Crippen LogP contribution < -0.4 is 10.2 Å². The van der Waals surface area contributed by atoms with Crippen LogP contribution in [0, 0.1) is 5.41 Å². The molecule has 0 bridgehead atoms. The van der Waals surface area contributed by atoms with Crippen LogP contribution in [0.1, 0.15) is 50.2 Å². The average molecular weight is 638 g/mol. The molecule has 1 N–H and O–H groups in total. The molecular formula is C29H38F3N7O4S. The largest absolute Gasteiger partial charge is 0.416 e. The van der Waals surface area contributed by atoms with E-state index in [9.17, 15) is 31.2 Å². The van der Waals surface area contributed by atoms with Crippen LogP contribution in [0.25, 0.3) is 0 Å². The van der Waals surface area contributed by atoms with Crippen molar-refractivity contribution in [3.05, 3.63) is 41.6 Å². The molecule has 11 nitrogen and oxygen atoms in total. The van der Waals surface area contributed by atoms with Gasteiger partial charge in [0.05, 0.1) is 11.8 Å². The lowest BCUT2D eigenvalue weighted by atomic mass is 9.81. The number of piperidine rings is 1. The first-order valence-corrected chi connectivity index (χ1v) is 16.8. The molecule has 4 aliphatic heterocycles. The van der Waals surface area contributed by atoms with Crippen LogP contribution in [0.4, 0.5) is 29.5 Å². The van der Waals surface area contributed by atoms with Crippen LogP contribution in [0.5, 0.6) is 0 Å². The molecule has 5 heterocycles. The van der Waals surface area contributed by atoms with Gasteiger partial charge in [-0.05, 0) is 56.3 Å². The molecule has 240 valence electrons. The van der Waals surface area contributed by atoms with Crippen molar-refractivity contribution in [1.82, 2.24) is 23.9 Å². The van der Waals surface area contributed by atoms with Gasteiger partial charge in [-0.1, -0.05) is 6.07 Å². The van der Waals surface area contributed by atoms with Crippen molar-refractivity contribution >= 4 is 33.5 Å². The first-order chi connectivity index (χ1) is 20.7. The topological polar surface area (TPSA) is 111 Å². The zero-order chi connectivity index (χ0) is 31.5. The highest BCUT2D eigenvalue weighted by Gasteiger charge is 2.51. The molecule has 1 aromatic carbocycles. The van der Waals surface area contributed by atoms with E-state index in [-0.39, 0.29) is 22.9 Å². The molecule has 6 rings (SSSR count). The third kappa shape index (κ3) is 5.93. The van der Waals surface area contributed by atoms with Gasteiger partial charge in [-0.3, -0.25) is 9.69 Å². The van der Waals surface area contributed by atoms with Gasteiger partial charge < -0.3 is 15.1 Å². The van der Waals surface area contributed by atoms with Gasteiger partial charge in [-0.25, -0.2) is 17.5 Å². The van der Waals surface area contributed by atoms with Crippen LogP contribution in [-0.2, 0) is 27.5 Å². The van der Waals surface area contributed by atoms with Crippen LogP contribution in [-0.4, -0.2) is 102 Å². The molecule has 2 aromatic rings. The second-order valence-electron chi connectivity index (χ2n) is 12.9. The van der Waals surface area contributed by atoms with Crippen molar-refractivity contribution in [2.75, 3.05) is 62.3 Å². The van der Waals surface area contributed by atoms with E-state index in [4.69, 9.17) is 0 Å². The Morgan fingerprint density at radius 3 is 2.39 bits per heavy atom. The lowest BCUT2D eigenvalue weighted by Crippen LogP contribution is -2.59. The number of carbonyl (C=O) groups is 2. The van der Waals surface area contributed by atoms with Gasteiger partial charge in [0.1, 0.15) is 0 Å². The molecule has 1 aromatic heterocycles. The number of alkyl halides is 3. The summed E-state index contributed by atoms with van der Waals surface area (Å²) in [5, 5.41) is 6.73. The van der Waals surface area contributed by atoms with Gasteiger partial charge in [-0.2, -0.15) is 17.9 Å². The Bertz CT molecular complexity index is 1550. The lowest BCUT2D eigenvalue weighted by Gasteiger charge is -2.46. The number of benzene rings is 1. The maximum Gasteiger partial charge on any atom is 0.416 e. The molecule has 4 aliphatic rings. The van der Waals surface area contributed by atoms with Crippen molar-refractivity contribution in [2.45, 2.75) is 57.3 Å². The first-order valence-electron chi connectivity index (χ1n) is 14.9. The molecule has 2 spiro atoms. The molecule has 44 heavy (non-hydrogen) atoms. The van der Waals surface area contributed by atoms with Gasteiger partial charge in [0.25, 0.3) is 0 Å².